The summed E-state index contributed by atoms with van der Waals surface area (Å²) in [4.78, 5) is 13.1. The third-order valence-electron chi connectivity index (χ3n) is 1.18. The zero-order valence-electron chi connectivity index (χ0n) is 6.15. The first-order chi connectivity index (χ1) is 5.63. The Bertz CT molecular complexity index is 316. The minimum atomic E-state index is -0.631. The van der Waals surface area contributed by atoms with E-state index in [1.807, 2.05) is 0 Å². The summed E-state index contributed by atoms with van der Waals surface area (Å²) < 4.78 is 4.76. The molecule has 1 rings (SSSR count). The van der Waals surface area contributed by atoms with Crippen molar-refractivity contribution in [1.82, 2.24) is 4.98 Å². The van der Waals surface area contributed by atoms with E-state index in [-0.39, 0.29) is 11.0 Å². The number of methoxy groups -OCH3 is 1. The van der Waals surface area contributed by atoms with Crippen LogP contribution in [0.4, 0.5) is 5.82 Å². The first-order valence-electron chi connectivity index (χ1n) is 2.99. The summed E-state index contributed by atoms with van der Waals surface area (Å²) in [6.07, 6.45) is 0. The molecule has 0 unspecified atom stereocenters. The minimum absolute atomic E-state index is 0.0426. The molecule has 0 saturated carbocycles. The molecule has 0 aliphatic rings. The zero-order valence-corrected chi connectivity index (χ0v) is 6.91. The first-order valence-corrected chi connectivity index (χ1v) is 3.37. The normalized spacial score (nSPS) is 9.50. The molecule has 1 aromatic rings. The van der Waals surface area contributed by atoms with Crippen molar-refractivity contribution >= 4 is 17.4 Å². The van der Waals surface area contributed by atoms with E-state index in [0.29, 0.717) is 5.75 Å². The third-order valence-corrected chi connectivity index (χ3v) is 1.37. The second kappa shape index (κ2) is 3.36. The summed E-state index contributed by atoms with van der Waals surface area (Å²) in [6.45, 7) is 0. The van der Waals surface area contributed by atoms with Crippen LogP contribution in [-0.4, -0.2) is 17.0 Å². The highest BCUT2D eigenvalue weighted by Gasteiger charge is 2.11. The lowest BCUT2D eigenvalue weighted by Crippen LogP contribution is -1.93. The molecule has 0 amide bonds. The predicted molar refractivity (Wildman–Crippen MR) is 42.5 cm³/mol. The van der Waals surface area contributed by atoms with Crippen molar-refractivity contribution in [3.8, 4) is 5.75 Å². The standard InChI is InChI=1S/C6H5ClN2O3/c1-12-4-2-5(7)8-6(3-4)9(10)11/h2-3H,1H3. The highest BCUT2D eigenvalue weighted by molar-refractivity contribution is 6.29. The van der Waals surface area contributed by atoms with E-state index in [2.05, 4.69) is 4.98 Å². The van der Waals surface area contributed by atoms with E-state index in [0.717, 1.165) is 0 Å². The number of hydrogen-bond donors (Lipinski definition) is 0. The molecule has 0 aliphatic heterocycles. The molecule has 64 valence electrons. The van der Waals surface area contributed by atoms with Gasteiger partial charge in [-0.15, -0.1) is 0 Å². The van der Waals surface area contributed by atoms with Gasteiger partial charge in [-0.2, -0.15) is 0 Å². The lowest BCUT2D eigenvalue weighted by Gasteiger charge is -1.97. The van der Waals surface area contributed by atoms with Crippen molar-refractivity contribution in [2.75, 3.05) is 7.11 Å². The Labute approximate surface area is 73.1 Å². The molecule has 1 aromatic heterocycles. The monoisotopic (exact) mass is 188 g/mol. The van der Waals surface area contributed by atoms with E-state index in [1.54, 1.807) is 0 Å². The van der Waals surface area contributed by atoms with Crippen LogP contribution in [0, 0.1) is 10.1 Å². The molecular formula is C6H5ClN2O3. The van der Waals surface area contributed by atoms with Crippen molar-refractivity contribution in [1.29, 1.82) is 0 Å². The Morgan fingerprint density at radius 1 is 1.67 bits per heavy atom. The van der Waals surface area contributed by atoms with Crippen molar-refractivity contribution in [2.45, 2.75) is 0 Å². The summed E-state index contributed by atoms with van der Waals surface area (Å²) in [5, 5.41) is 10.3. The van der Waals surface area contributed by atoms with E-state index in [1.165, 1.54) is 19.2 Å². The van der Waals surface area contributed by atoms with Crippen LogP contribution < -0.4 is 4.74 Å². The molecule has 0 saturated heterocycles. The van der Waals surface area contributed by atoms with Crippen LogP contribution in [0.2, 0.25) is 5.15 Å². The van der Waals surface area contributed by atoms with Gasteiger partial charge in [-0.05, 0) is 21.5 Å². The lowest BCUT2D eigenvalue weighted by molar-refractivity contribution is -0.389. The van der Waals surface area contributed by atoms with Crippen molar-refractivity contribution in [2.24, 2.45) is 0 Å². The van der Waals surface area contributed by atoms with Crippen molar-refractivity contribution in [3.63, 3.8) is 0 Å². The number of nitrogens with zero attached hydrogens (tertiary/aromatic N) is 2. The molecule has 6 heteroatoms. The van der Waals surface area contributed by atoms with Crippen LogP contribution in [0.25, 0.3) is 0 Å². The fraction of sp³-hybridized carbons (Fsp3) is 0.167. The maximum Gasteiger partial charge on any atom is 0.368 e. The molecule has 0 atom stereocenters. The molecule has 0 bridgehead atoms. The van der Waals surface area contributed by atoms with Gasteiger partial charge in [-0.1, -0.05) is 0 Å². The Morgan fingerprint density at radius 3 is 2.83 bits per heavy atom. The average molecular weight is 189 g/mol. The van der Waals surface area contributed by atoms with Crippen LogP contribution in [0.1, 0.15) is 0 Å². The molecule has 0 fully saturated rings. The summed E-state index contributed by atoms with van der Waals surface area (Å²) in [5.41, 5.74) is 0. The minimum Gasteiger partial charge on any atom is -0.496 e. The van der Waals surface area contributed by atoms with Crippen LogP contribution in [0.3, 0.4) is 0 Å². The van der Waals surface area contributed by atoms with E-state index in [9.17, 15) is 10.1 Å². The molecule has 1 heterocycles. The summed E-state index contributed by atoms with van der Waals surface area (Å²) >= 11 is 5.48. The van der Waals surface area contributed by atoms with Gasteiger partial charge in [-0.25, -0.2) is 0 Å². The summed E-state index contributed by atoms with van der Waals surface area (Å²) in [6, 6.07) is 2.60. The molecule has 0 aliphatic carbocycles. The van der Waals surface area contributed by atoms with Crippen molar-refractivity contribution in [3.05, 3.63) is 27.4 Å². The van der Waals surface area contributed by atoms with Gasteiger partial charge in [0.1, 0.15) is 5.75 Å². The van der Waals surface area contributed by atoms with Gasteiger partial charge >= 0.3 is 5.82 Å². The molecule has 0 aromatic carbocycles. The summed E-state index contributed by atoms with van der Waals surface area (Å²) in [5.74, 6) is 0.000972. The highest BCUT2D eigenvalue weighted by atomic mass is 35.5. The quantitative estimate of drug-likeness (QED) is 0.402. The largest absolute Gasteiger partial charge is 0.496 e. The number of ether oxygens (including phenoxy) is 1. The maximum atomic E-state index is 10.3. The fourth-order valence-electron chi connectivity index (χ4n) is 0.672. The molecular weight excluding hydrogens is 184 g/mol. The highest BCUT2D eigenvalue weighted by Crippen LogP contribution is 2.21. The van der Waals surface area contributed by atoms with Gasteiger partial charge < -0.3 is 14.9 Å². The van der Waals surface area contributed by atoms with E-state index >= 15 is 0 Å². The van der Waals surface area contributed by atoms with Gasteiger partial charge in [-0.3, -0.25) is 0 Å². The van der Waals surface area contributed by atoms with Gasteiger partial charge in [0, 0.05) is 6.07 Å². The molecule has 0 N–H and O–H groups in total. The van der Waals surface area contributed by atoms with Gasteiger partial charge in [0.25, 0.3) is 0 Å². The van der Waals surface area contributed by atoms with Crippen LogP contribution in [0.5, 0.6) is 5.75 Å². The van der Waals surface area contributed by atoms with E-state index in [4.69, 9.17) is 16.3 Å². The molecule has 5 nitrogen and oxygen atoms in total. The second-order valence-electron chi connectivity index (χ2n) is 1.95. The van der Waals surface area contributed by atoms with Gasteiger partial charge in [0.15, 0.2) is 0 Å². The Hall–Kier alpha value is -1.36. The number of nitro groups is 1. The Balaban J connectivity index is 3.15. The fourth-order valence-corrected chi connectivity index (χ4v) is 0.866. The maximum absolute atomic E-state index is 10.3. The van der Waals surface area contributed by atoms with Gasteiger partial charge in [0.2, 0.25) is 5.15 Å². The smallest absolute Gasteiger partial charge is 0.368 e. The number of halogens is 1. The Kier molecular flexibility index (Phi) is 2.44. The predicted octanol–water partition coefficient (Wildman–Crippen LogP) is 1.65. The second-order valence-corrected chi connectivity index (χ2v) is 2.33. The zero-order chi connectivity index (χ0) is 9.14. The number of pyridine rings is 1. The molecule has 0 spiro atoms. The summed E-state index contributed by atoms with van der Waals surface area (Å²) in [7, 11) is 1.40. The van der Waals surface area contributed by atoms with Crippen LogP contribution in [0.15, 0.2) is 12.1 Å². The van der Waals surface area contributed by atoms with Crippen LogP contribution >= 0.6 is 11.6 Å². The van der Waals surface area contributed by atoms with Crippen molar-refractivity contribution < 1.29 is 9.66 Å². The van der Waals surface area contributed by atoms with Gasteiger partial charge in [0.05, 0.1) is 13.2 Å². The number of rotatable bonds is 2. The first kappa shape index (κ1) is 8.73. The number of hydrogen-bond acceptors (Lipinski definition) is 4. The SMILES string of the molecule is COc1cc(Cl)nc([N+](=O)[O-])c1. The average Bonchev–Trinajstić information content (AvgIpc) is 2.03. The number of aromatic nitrogens is 1. The molecule has 12 heavy (non-hydrogen) atoms. The van der Waals surface area contributed by atoms with E-state index < -0.39 is 4.92 Å². The third kappa shape index (κ3) is 1.82. The topological polar surface area (TPSA) is 65.3 Å². The molecule has 0 radical (unpaired) electrons. The van der Waals surface area contributed by atoms with Crippen LogP contribution in [-0.2, 0) is 0 Å². The Morgan fingerprint density at radius 2 is 2.33 bits per heavy atom. The lowest BCUT2D eigenvalue weighted by atomic mass is 10.4.